The molecule has 1 aromatic carbocycles. The molecule has 0 aromatic heterocycles. The fraction of sp³-hybridized carbons (Fsp3) is 0.455. The maximum atomic E-state index is 13.5. The van der Waals surface area contributed by atoms with Crippen LogP contribution < -0.4 is 0 Å². The van der Waals surface area contributed by atoms with Crippen molar-refractivity contribution in [1.82, 2.24) is 0 Å². The van der Waals surface area contributed by atoms with Gasteiger partial charge in [-0.1, -0.05) is 0 Å². The number of aliphatic hydroxyl groups is 2. The van der Waals surface area contributed by atoms with E-state index >= 15 is 0 Å². The molecule has 0 fully saturated rings. The Bertz CT molecular complexity index is 388. The maximum absolute atomic E-state index is 13.5. The van der Waals surface area contributed by atoms with Crippen LogP contribution >= 0.6 is 15.9 Å². The van der Waals surface area contributed by atoms with E-state index < -0.39 is 23.3 Å². The number of benzene rings is 1. The Balaban J connectivity index is 3.02. The van der Waals surface area contributed by atoms with E-state index in [9.17, 15) is 19.0 Å². The molecule has 2 nitrogen and oxygen atoms in total. The highest BCUT2D eigenvalue weighted by Gasteiger charge is 2.27. The van der Waals surface area contributed by atoms with Gasteiger partial charge in [0.05, 0.1) is 16.2 Å². The monoisotopic (exact) mass is 294 g/mol. The molecule has 0 radical (unpaired) electrons. The van der Waals surface area contributed by atoms with Gasteiger partial charge in [0.2, 0.25) is 0 Å². The summed E-state index contributed by atoms with van der Waals surface area (Å²) in [6.07, 6.45) is -1.51. The van der Waals surface area contributed by atoms with Crippen LogP contribution in [0.25, 0.3) is 0 Å². The Morgan fingerprint density at radius 3 is 2.44 bits per heavy atom. The molecule has 0 aliphatic carbocycles. The highest BCUT2D eigenvalue weighted by atomic mass is 79.9. The van der Waals surface area contributed by atoms with E-state index in [0.29, 0.717) is 0 Å². The molecule has 0 saturated carbocycles. The summed E-state index contributed by atoms with van der Waals surface area (Å²) >= 11 is 2.93. The average molecular weight is 295 g/mol. The van der Waals surface area contributed by atoms with Gasteiger partial charge >= 0.3 is 0 Å². The van der Waals surface area contributed by atoms with E-state index in [1.165, 1.54) is 19.9 Å². The molecule has 0 bridgehead atoms. The minimum atomic E-state index is -1.40. The molecule has 5 heteroatoms. The predicted octanol–water partition coefficient (Wildman–Crippen LogP) is 2.40. The molecule has 2 N–H and O–H groups in total. The minimum absolute atomic E-state index is 0.131. The van der Waals surface area contributed by atoms with Crippen molar-refractivity contribution in [2.45, 2.75) is 32.0 Å². The van der Waals surface area contributed by atoms with Crippen molar-refractivity contribution in [2.75, 3.05) is 0 Å². The topological polar surface area (TPSA) is 40.5 Å². The SMILES string of the molecule is CC(C)(O)C(O)Cc1c(F)ccc(Br)c1F. The smallest absolute Gasteiger partial charge is 0.143 e. The largest absolute Gasteiger partial charge is 0.390 e. The first kappa shape index (κ1) is 13.5. The highest BCUT2D eigenvalue weighted by molar-refractivity contribution is 9.10. The zero-order chi connectivity index (χ0) is 12.5. The molecular formula is C11H13BrF2O2. The van der Waals surface area contributed by atoms with Gasteiger partial charge in [-0.15, -0.1) is 0 Å². The molecule has 1 aromatic rings. The van der Waals surface area contributed by atoms with Crippen LogP contribution in [0.15, 0.2) is 16.6 Å². The predicted molar refractivity (Wildman–Crippen MR) is 60.1 cm³/mol. The summed E-state index contributed by atoms with van der Waals surface area (Å²) in [5, 5.41) is 19.1. The molecule has 0 saturated heterocycles. The molecule has 0 spiro atoms. The van der Waals surface area contributed by atoms with Crippen molar-refractivity contribution < 1.29 is 19.0 Å². The molecule has 0 aliphatic heterocycles. The summed E-state index contributed by atoms with van der Waals surface area (Å²) in [5.74, 6) is -1.48. The van der Waals surface area contributed by atoms with Crippen LogP contribution in [0.2, 0.25) is 0 Å². The van der Waals surface area contributed by atoms with Crippen molar-refractivity contribution in [2.24, 2.45) is 0 Å². The Hall–Kier alpha value is -0.520. The summed E-state index contributed by atoms with van der Waals surface area (Å²) in [4.78, 5) is 0. The van der Waals surface area contributed by atoms with Gasteiger partial charge in [0, 0.05) is 12.0 Å². The van der Waals surface area contributed by atoms with Gasteiger partial charge in [-0.2, -0.15) is 0 Å². The van der Waals surface area contributed by atoms with Gasteiger partial charge in [0.1, 0.15) is 11.6 Å². The standard InChI is InChI=1S/C11H13BrF2O2/c1-11(2,16)9(15)5-6-8(13)4-3-7(12)10(6)14/h3-4,9,15-16H,5H2,1-2H3. The summed E-state index contributed by atoms with van der Waals surface area (Å²) in [6, 6.07) is 2.37. The second-order valence-electron chi connectivity index (χ2n) is 4.20. The lowest BCUT2D eigenvalue weighted by molar-refractivity contribution is -0.0475. The van der Waals surface area contributed by atoms with Gasteiger partial charge in [-0.25, -0.2) is 8.78 Å². The lowest BCUT2D eigenvalue weighted by Gasteiger charge is -2.24. The third kappa shape index (κ3) is 2.99. The Morgan fingerprint density at radius 2 is 1.94 bits per heavy atom. The van der Waals surface area contributed by atoms with Crippen LogP contribution in [-0.2, 0) is 6.42 Å². The first-order valence-electron chi connectivity index (χ1n) is 4.76. The fourth-order valence-electron chi connectivity index (χ4n) is 1.20. The average Bonchev–Trinajstić information content (AvgIpc) is 2.17. The Morgan fingerprint density at radius 1 is 1.38 bits per heavy atom. The first-order valence-corrected chi connectivity index (χ1v) is 5.55. The van der Waals surface area contributed by atoms with Crippen LogP contribution in [0.1, 0.15) is 19.4 Å². The maximum Gasteiger partial charge on any atom is 0.143 e. The van der Waals surface area contributed by atoms with Crippen molar-refractivity contribution >= 4 is 15.9 Å². The Labute approximate surface area is 101 Å². The van der Waals surface area contributed by atoms with Crippen LogP contribution in [-0.4, -0.2) is 21.9 Å². The third-order valence-corrected chi connectivity index (χ3v) is 2.96. The van der Waals surface area contributed by atoms with Crippen LogP contribution in [0.5, 0.6) is 0 Å². The van der Waals surface area contributed by atoms with Crippen LogP contribution in [0.3, 0.4) is 0 Å². The summed E-state index contributed by atoms with van der Waals surface area (Å²) in [7, 11) is 0. The first-order chi connectivity index (χ1) is 7.23. The van der Waals surface area contributed by atoms with E-state index in [2.05, 4.69) is 15.9 Å². The van der Waals surface area contributed by atoms with Crippen molar-refractivity contribution in [1.29, 1.82) is 0 Å². The quantitative estimate of drug-likeness (QED) is 0.841. The number of hydrogen-bond acceptors (Lipinski definition) is 2. The molecule has 1 unspecified atom stereocenters. The van der Waals surface area contributed by atoms with E-state index in [1.807, 2.05) is 0 Å². The molecule has 1 rings (SSSR count). The lowest BCUT2D eigenvalue weighted by atomic mass is 9.95. The van der Waals surface area contributed by atoms with E-state index in [-0.39, 0.29) is 16.5 Å². The molecular weight excluding hydrogens is 282 g/mol. The van der Waals surface area contributed by atoms with Crippen molar-refractivity contribution in [3.8, 4) is 0 Å². The van der Waals surface area contributed by atoms with Crippen LogP contribution in [0, 0.1) is 11.6 Å². The summed E-state index contributed by atoms with van der Waals surface area (Å²) < 4.78 is 27.0. The van der Waals surface area contributed by atoms with E-state index in [0.717, 1.165) is 6.07 Å². The van der Waals surface area contributed by atoms with Gasteiger partial charge in [-0.05, 0) is 41.9 Å². The molecule has 1 atom stereocenters. The Kier molecular flexibility index (Phi) is 4.04. The van der Waals surface area contributed by atoms with Crippen molar-refractivity contribution in [3.63, 3.8) is 0 Å². The number of aliphatic hydroxyl groups excluding tert-OH is 1. The second kappa shape index (κ2) is 4.77. The number of rotatable bonds is 3. The molecule has 0 amide bonds. The zero-order valence-corrected chi connectivity index (χ0v) is 10.6. The van der Waals surface area contributed by atoms with E-state index in [4.69, 9.17) is 0 Å². The fourth-order valence-corrected chi connectivity index (χ4v) is 1.57. The third-order valence-electron chi connectivity index (χ3n) is 2.35. The van der Waals surface area contributed by atoms with Gasteiger partial charge in [0.25, 0.3) is 0 Å². The molecule has 16 heavy (non-hydrogen) atoms. The minimum Gasteiger partial charge on any atom is -0.390 e. The van der Waals surface area contributed by atoms with E-state index in [1.54, 1.807) is 0 Å². The summed E-state index contributed by atoms with van der Waals surface area (Å²) in [5.41, 5.74) is -1.63. The molecule has 0 aliphatic rings. The molecule has 90 valence electrons. The normalized spacial score (nSPS) is 13.9. The summed E-state index contributed by atoms with van der Waals surface area (Å²) in [6.45, 7) is 2.76. The lowest BCUT2D eigenvalue weighted by Crippen LogP contribution is -2.37. The van der Waals surface area contributed by atoms with Gasteiger partial charge < -0.3 is 10.2 Å². The van der Waals surface area contributed by atoms with Gasteiger partial charge in [-0.3, -0.25) is 0 Å². The highest BCUT2D eigenvalue weighted by Crippen LogP contribution is 2.24. The zero-order valence-electron chi connectivity index (χ0n) is 8.97. The molecule has 0 heterocycles. The van der Waals surface area contributed by atoms with Crippen LogP contribution in [0.4, 0.5) is 8.78 Å². The second-order valence-corrected chi connectivity index (χ2v) is 5.05. The number of halogens is 3. The number of hydrogen-bond donors (Lipinski definition) is 2. The van der Waals surface area contributed by atoms with Crippen molar-refractivity contribution in [3.05, 3.63) is 33.8 Å². The van der Waals surface area contributed by atoms with Gasteiger partial charge in [0.15, 0.2) is 0 Å².